The summed E-state index contributed by atoms with van der Waals surface area (Å²) < 4.78 is 18.7. The van der Waals surface area contributed by atoms with Gasteiger partial charge in [0.2, 0.25) is 0 Å². The molecule has 0 fully saturated rings. The van der Waals surface area contributed by atoms with Gasteiger partial charge in [0.25, 0.3) is 0 Å². The highest BCUT2D eigenvalue weighted by atomic mass is 19.1. The van der Waals surface area contributed by atoms with E-state index in [1.54, 1.807) is 13.2 Å². The first-order valence-corrected chi connectivity index (χ1v) is 7.24. The topological polar surface area (TPSA) is 21.3 Å². The smallest absolute Gasteiger partial charge is 0.126 e. The van der Waals surface area contributed by atoms with E-state index in [1.165, 1.54) is 17.7 Å². The molecule has 0 bridgehead atoms. The molecule has 2 aromatic rings. The highest BCUT2D eigenvalue weighted by Crippen LogP contribution is 2.30. The third kappa shape index (κ3) is 4.05. The van der Waals surface area contributed by atoms with Crippen LogP contribution in [0.15, 0.2) is 42.5 Å². The summed E-state index contributed by atoms with van der Waals surface area (Å²) in [7, 11) is 3.58. The second kappa shape index (κ2) is 7.23. The Labute approximate surface area is 126 Å². The Hall–Kier alpha value is -1.87. The Morgan fingerprint density at radius 2 is 1.86 bits per heavy atom. The molecule has 0 heterocycles. The number of ether oxygens (including phenoxy) is 1. The second-order valence-electron chi connectivity index (χ2n) is 5.27. The van der Waals surface area contributed by atoms with Crippen LogP contribution in [0.3, 0.4) is 0 Å². The molecule has 0 aliphatic rings. The van der Waals surface area contributed by atoms with Gasteiger partial charge in [-0.2, -0.15) is 0 Å². The molecule has 0 aliphatic carbocycles. The summed E-state index contributed by atoms with van der Waals surface area (Å²) in [5.41, 5.74) is 3.04. The highest BCUT2D eigenvalue weighted by molar-refractivity contribution is 5.70. The lowest BCUT2D eigenvalue weighted by Crippen LogP contribution is -2.21. The Kier molecular flexibility index (Phi) is 5.34. The third-order valence-corrected chi connectivity index (χ3v) is 3.79. The fourth-order valence-electron chi connectivity index (χ4n) is 2.28. The van der Waals surface area contributed by atoms with Gasteiger partial charge < -0.3 is 10.1 Å². The fraction of sp³-hybridized carbons (Fsp3) is 0.333. The van der Waals surface area contributed by atoms with Crippen LogP contribution in [0.4, 0.5) is 4.39 Å². The lowest BCUT2D eigenvalue weighted by Gasteiger charge is -2.11. The van der Waals surface area contributed by atoms with E-state index in [0.717, 1.165) is 24.0 Å². The van der Waals surface area contributed by atoms with E-state index in [0.29, 0.717) is 11.8 Å². The van der Waals surface area contributed by atoms with E-state index in [1.807, 2.05) is 19.2 Å². The number of methoxy groups -OCH3 is 1. The van der Waals surface area contributed by atoms with Crippen LogP contribution < -0.4 is 10.1 Å². The van der Waals surface area contributed by atoms with E-state index < -0.39 is 0 Å². The van der Waals surface area contributed by atoms with E-state index in [9.17, 15) is 4.39 Å². The van der Waals surface area contributed by atoms with E-state index in [2.05, 4.69) is 24.4 Å². The average Bonchev–Trinajstić information content (AvgIpc) is 2.53. The van der Waals surface area contributed by atoms with Gasteiger partial charge >= 0.3 is 0 Å². The van der Waals surface area contributed by atoms with Crippen LogP contribution in [0, 0.1) is 5.82 Å². The van der Waals surface area contributed by atoms with E-state index in [-0.39, 0.29) is 5.82 Å². The number of rotatable bonds is 6. The molecule has 2 aromatic carbocycles. The summed E-state index contributed by atoms with van der Waals surface area (Å²) in [6.07, 6.45) is 2.13. The molecule has 0 saturated carbocycles. The van der Waals surface area contributed by atoms with Crippen LogP contribution in [0.25, 0.3) is 11.1 Å². The minimum absolute atomic E-state index is 0.252. The number of benzene rings is 2. The quantitative estimate of drug-likeness (QED) is 0.865. The van der Waals surface area contributed by atoms with Gasteiger partial charge in [0.15, 0.2) is 0 Å². The summed E-state index contributed by atoms with van der Waals surface area (Å²) in [4.78, 5) is 0. The van der Waals surface area contributed by atoms with Gasteiger partial charge in [0.1, 0.15) is 11.6 Å². The lowest BCUT2D eigenvalue weighted by molar-refractivity contribution is 0.415. The van der Waals surface area contributed by atoms with Gasteiger partial charge in [0.05, 0.1) is 7.11 Å². The fourth-order valence-corrected chi connectivity index (χ4v) is 2.28. The van der Waals surface area contributed by atoms with Crippen molar-refractivity contribution in [2.45, 2.75) is 25.8 Å². The molecule has 1 N–H and O–H groups in total. The Bertz CT molecular complexity index is 580. The van der Waals surface area contributed by atoms with Crippen LogP contribution in [0.1, 0.15) is 18.9 Å². The first-order valence-electron chi connectivity index (χ1n) is 7.24. The van der Waals surface area contributed by atoms with Gasteiger partial charge in [-0.05, 0) is 56.1 Å². The molecule has 1 unspecified atom stereocenters. The minimum Gasteiger partial charge on any atom is -0.496 e. The van der Waals surface area contributed by atoms with Gasteiger partial charge in [-0.1, -0.05) is 24.3 Å². The molecule has 0 spiro atoms. The number of halogens is 1. The van der Waals surface area contributed by atoms with Crippen LogP contribution in [-0.2, 0) is 6.42 Å². The van der Waals surface area contributed by atoms with Crippen molar-refractivity contribution in [2.75, 3.05) is 14.2 Å². The van der Waals surface area contributed by atoms with E-state index in [4.69, 9.17) is 4.74 Å². The predicted octanol–water partition coefficient (Wildman–Crippen LogP) is 4.04. The molecule has 0 radical (unpaired) electrons. The molecule has 2 rings (SSSR count). The molecule has 0 aliphatic heterocycles. The molecule has 0 amide bonds. The largest absolute Gasteiger partial charge is 0.496 e. The summed E-state index contributed by atoms with van der Waals surface area (Å²) in [6, 6.07) is 13.3. The number of aryl methyl sites for hydroxylation is 1. The molecular formula is C18H22FNO. The molecule has 2 nitrogen and oxygen atoms in total. The second-order valence-corrected chi connectivity index (χ2v) is 5.27. The van der Waals surface area contributed by atoms with Crippen molar-refractivity contribution in [3.63, 3.8) is 0 Å². The molecule has 3 heteroatoms. The van der Waals surface area contributed by atoms with Gasteiger partial charge in [0, 0.05) is 11.6 Å². The molecular weight excluding hydrogens is 265 g/mol. The third-order valence-electron chi connectivity index (χ3n) is 3.79. The zero-order valence-corrected chi connectivity index (χ0v) is 12.8. The maximum Gasteiger partial charge on any atom is 0.126 e. The van der Waals surface area contributed by atoms with E-state index >= 15 is 0 Å². The van der Waals surface area contributed by atoms with Gasteiger partial charge in [-0.3, -0.25) is 0 Å². The molecule has 0 aromatic heterocycles. The van der Waals surface area contributed by atoms with Crippen LogP contribution in [0.2, 0.25) is 0 Å². The molecule has 21 heavy (non-hydrogen) atoms. The summed E-state index contributed by atoms with van der Waals surface area (Å²) >= 11 is 0. The zero-order valence-electron chi connectivity index (χ0n) is 12.8. The SMILES string of the molecule is CNC(C)CCc1ccc(-c2cc(F)ccc2OC)cc1. The predicted molar refractivity (Wildman–Crippen MR) is 85.2 cm³/mol. The number of nitrogens with one attached hydrogen (secondary N) is 1. The molecule has 112 valence electrons. The lowest BCUT2D eigenvalue weighted by atomic mass is 10.00. The number of hydrogen-bond acceptors (Lipinski definition) is 2. The normalized spacial score (nSPS) is 12.2. The van der Waals surface area contributed by atoms with Crippen LogP contribution >= 0.6 is 0 Å². The Morgan fingerprint density at radius 1 is 1.14 bits per heavy atom. The first kappa shape index (κ1) is 15.5. The van der Waals surface area contributed by atoms with Crippen molar-refractivity contribution in [1.29, 1.82) is 0 Å². The van der Waals surface area contributed by atoms with Crippen molar-refractivity contribution in [1.82, 2.24) is 5.32 Å². The summed E-state index contributed by atoms with van der Waals surface area (Å²) in [5, 5.41) is 3.24. The van der Waals surface area contributed by atoms with Crippen molar-refractivity contribution < 1.29 is 9.13 Å². The Balaban J connectivity index is 2.17. The average molecular weight is 287 g/mol. The maximum absolute atomic E-state index is 13.4. The van der Waals surface area contributed by atoms with Crippen molar-refractivity contribution >= 4 is 0 Å². The van der Waals surface area contributed by atoms with Crippen LogP contribution in [0.5, 0.6) is 5.75 Å². The van der Waals surface area contributed by atoms with Crippen molar-refractivity contribution in [2.24, 2.45) is 0 Å². The summed E-state index contributed by atoms with van der Waals surface area (Å²) in [5.74, 6) is 0.436. The van der Waals surface area contributed by atoms with Crippen molar-refractivity contribution in [3.05, 3.63) is 53.8 Å². The van der Waals surface area contributed by atoms with Crippen molar-refractivity contribution in [3.8, 4) is 16.9 Å². The Morgan fingerprint density at radius 3 is 2.48 bits per heavy atom. The first-order chi connectivity index (χ1) is 10.1. The standard InChI is InChI=1S/C18H22FNO/c1-13(20-2)4-5-14-6-8-15(9-7-14)17-12-16(19)10-11-18(17)21-3/h6-13,20H,4-5H2,1-3H3. The monoisotopic (exact) mass is 287 g/mol. The maximum atomic E-state index is 13.4. The van der Waals surface area contributed by atoms with Gasteiger partial charge in [-0.25, -0.2) is 4.39 Å². The van der Waals surface area contributed by atoms with Gasteiger partial charge in [-0.15, -0.1) is 0 Å². The zero-order chi connectivity index (χ0) is 15.2. The van der Waals surface area contributed by atoms with Crippen LogP contribution in [-0.4, -0.2) is 20.2 Å². The molecule has 1 atom stereocenters. The highest BCUT2D eigenvalue weighted by Gasteiger charge is 2.07. The minimum atomic E-state index is -0.252. The molecule has 0 saturated heterocycles. The summed E-state index contributed by atoms with van der Waals surface area (Å²) in [6.45, 7) is 2.17. The number of hydrogen-bond donors (Lipinski definition) is 1.